The molecule has 1 aliphatic heterocycles. The molecule has 3 aromatic rings. The monoisotopic (exact) mass is 358 g/mol. The molecule has 4 rings (SSSR count). The van der Waals surface area contributed by atoms with Crippen molar-refractivity contribution >= 4 is 56.1 Å². The van der Waals surface area contributed by atoms with E-state index in [1.165, 1.54) is 11.3 Å². The lowest BCUT2D eigenvalue weighted by atomic mass is 10.1. The minimum atomic E-state index is -0.0290. The van der Waals surface area contributed by atoms with Crippen molar-refractivity contribution in [3.8, 4) is 0 Å². The number of nitrogens with zero attached hydrogens (tertiary/aromatic N) is 3. The van der Waals surface area contributed by atoms with Crippen LogP contribution in [0.4, 0.5) is 17.1 Å². The second-order valence-corrected chi connectivity index (χ2v) is 7.19. The minimum absolute atomic E-state index is 0.0290. The summed E-state index contributed by atoms with van der Waals surface area (Å²) in [5.74, 6) is -0.0290. The Labute approximate surface area is 148 Å². The van der Waals surface area contributed by atoms with Crippen LogP contribution in [0.5, 0.6) is 0 Å². The Bertz CT molecular complexity index is 953. The molecule has 0 aliphatic carbocycles. The lowest BCUT2D eigenvalue weighted by Gasteiger charge is -2.28. The predicted octanol–water partition coefficient (Wildman–Crippen LogP) is 4.05. The second-order valence-electron chi connectivity index (χ2n) is 5.76. The molecule has 1 aromatic carbocycles. The van der Waals surface area contributed by atoms with Crippen LogP contribution in [0.1, 0.15) is 9.67 Å². The second kappa shape index (κ2) is 5.65. The van der Waals surface area contributed by atoms with Gasteiger partial charge in [-0.2, -0.15) is 0 Å². The highest BCUT2D eigenvalue weighted by molar-refractivity contribution is 7.21. The Morgan fingerprint density at radius 2 is 2.17 bits per heavy atom. The number of thiophene rings is 1. The molecule has 0 spiro atoms. The highest BCUT2D eigenvalue weighted by atomic mass is 35.5. The Kier molecular flexibility index (Phi) is 3.58. The van der Waals surface area contributed by atoms with Gasteiger partial charge >= 0.3 is 0 Å². The fourth-order valence-corrected chi connectivity index (χ4v) is 4.18. The first-order valence-electron chi connectivity index (χ1n) is 7.46. The zero-order valence-corrected chi connectivity index (χ0v) is 14.8. The fraction of sp³-hybridized carbons (Fsp3) is 0.176. The first-order valence-corrected chi connectivity index (χ1v) is 8.66. The summed E-state index contributed by atoms with van der Waals surface area (Å²) in [7, 11) is 3.98. The summed E-state index contributed by atoms with van der Waals surface area (Å²) in [6.07, 6.45) is 1.78. The van der Waals surface area contributed by atoms with Gasteiger partial charge in [0.25, 0.3) is 5.91 Å². The highest BCUT2D eigenvalue weighted by Gasteiger charge is 2.30. The number of amides is 1. The fourth-order valence-electron chi connectivity index (χ4n) is 2.90. The number of halogens is 1. The third kappa shape index (κ3) is 2.30. The summed E-state index contributed by atoms with van der Waals surface area (Å²) in [4.78, 5) is 22.7. The molecule has 0 fully saturated rings. The molecule has 122 valence electrons. The van der Waals surface area contributed by atoms with E-state index in [4.69, 9.17) is 11.6 Å². The smallest absolute Gasteiger partial charge is 0.272 e. The van der Waals surface area contributed by atoms with Crippen LogP contribution in [-0.4, -0.2) is 31.7 Å². The van der Waals surface area contributed by atoms with Gasteiger partial charge in [0, 0.05) is 31.0 Å². The topological polar surface area (TPSA) is 48.5 Å². The van der Waals surface area contributed by atoms with Gasteiger partial charge in [-0.05, 0) is 24.3 Å². The van der Waals surface area contributed by atoms with E-state index in [9.17, 15) is 4.79 Å². The van der Waals surface area contributed by atoms with Crippen molar-refractivity contribution in [1.29, 1.82) is 0 Å². The van der Waals surface area contributed by atoms with E-state index < -0.39 is 0 Å². The molecule has 0 saturated carbocycles. The molecule has 2 aromatic heterocycles. The first-order chi connectivity index (χ1) is 11.6. The van der Waals surface area contributed by atoms with Crippen LogP contribution in [-0.2, 0) is 0 Å². The van der Waals surface area contributed by atoms with E-state index >= 15 is 0 Å². The number of rotatable bonds is 2. The number of benzene rings is 1. The van der Waals surface area contributed by atoms with Crippen LogP contribution < -0.4 is 15.1 Å². The number of nitrogens with one attached hydrogen (secondary N) is 1. The van der Waals surface area contributed by atoms with Gasteiger partial charge in [0.05, 0.1) is 23.4 Å². The maximum absolute atomic E-state index is 13.0. The van der Waals surface area contributed by atoms with Crippen LogP contribution in [0, 0.1) is 0 Å². The molecule has 1 N–H and O–H groups in total. The molecular weight excluding hydrogens is 344 g/mol. The maximum atomic E-state index is 13.0. The Morgan fingerprint density at radius 3 is 2.92 bits per heavy atom. The first kappa shape index (κ1) is 15.2. The molecule has 1 aliphatic rings. The van der Waals surface area contributed by atoms with Crippen LogP contribution in [0.15, 0.2) is 36.5 Å². The number of hydrogen-bond donors (Lipinski definition) is 1. The minimum Gasteiger partial charge on any atom is -0.377 e. The van der Waals surface area contributed by atoms with Gasteiger partial charge in [-0.1, -0.05) is 17.7 Å². The third-order valence-corrected chi connectivity index (χ3v) is 5.35. The van der Waals surface area contributed by atoms with Crippen LogP contribution in [0.25, 0.3) is 10.2 Å². The summed E-state index contributed by atoms with van der Waals surface area (Å²) < 4.78 is 0. The van der Waals surface area contributed by atoms with Gasteiger partial charge in [-0.15, -0.1) is 11.3 Å². The third-order valence-electron chi connectivity index (χ3n) is 4.03. The molecular formula is C17H15ClN4OS. The summed E-state index contributed by atoms with van der Waals surface area (Å²) >= 11 is 7.48. The van der Waals surface area contributed by atoms with E-state index in [1.54, 1.807) is 23.2 Å². The lowest BCUT2D eigenvalue weighted by Crippen LogP contribution is -2.39. The average Bonchev–Trinajstić information content (AvgIpc) is 2.94. The highest BCUT2D eigenvalue weighted by Crippen LogP contribution is 2.42. The summed E-state index contributed by atoms with van der Waals surface area (Å²) in [6.45, 7) is 0.403. The Balaban J connectivity index is 1.84. The molecule has 1 amide bonds. The number of carbonyl (C=O) groups is 1. The SMILES string of the molecule is CN(C)c1ccnc2sc3c(c12)NCN(c1cccc(Cl)c1)C3=O. The molecule has 0 unspecified atom stereocenters. The number of pyridine rings is 1. The van der Waals surface area contributed by atoms with Crippen molar-refractivity contribution in [2.24, 2.45) is 0 Å². The van der Waals surface area contributed by atoms with Crippen molar-refractivity contribution < 1.29 is 4.79 Å². The molecule has 5 nitrogen and oxygen atoms in total. The van der Waals surface area contributed by atoms with Crippen molar-refractivity contribution in [3.63, 3.8) is 0 Å². The molecule has 0 bridgehead atoms. The standard InChI is InChI=1S/C17H15ClN4OS/c1-21(2)12-6-7-19-16-13(12)14-15(24-16)17(23)22(9-20-14)11-5-3-4-10(18)8-11/h3-8,20H,9H2,1-2H3. The largest absolute Gasteiger partial charge is 0.377 e. The summed E-state index contributed by atoms with van der Waals surface area (Å²) in [5.41, 5.74) is 2.70. The van der Waals surface area contributed by atoms with Gasteiger partial charge in [0.2, 0.25) is 0 Å². The van der Waals surface area contributed by atoms with Crippen molar-refractivity contribution in [1.82, 2.24) is 4.98 Å². The molecule has 0 atom stereocenters. The zero-order chi connectivity index (χ0) is 16.8. The zero-order valence-electron chi connectivity index (χ0n) is 13.2. The van der Waals surface area contributed by atoms with Crippen molar-refractivity contribution in [2.45, 2.75) is 0 Å². The summed E-state index contributed by atoms with van der Waals surface area (Å²) in [5, 5.41) is 5.00. The number of carbonyl (C=O) groups excluding carboxylic acids is 1. The molecule has 0 saturated heterocycles. The Morgan fingerprint density at radius 1 is 1.33 bits per heavy atom. The van der Waals surface area contributed by atoms with Crippen LogP contribution >= 0.6 is 22.9 Å². The molecule has 3 heterocycles. The Hall–Kier alpha value is -2.31. The normalized spacial score (nSPS) is 13.8. The van der Waals surface area contributed by atoms with Crippen molar-refractivity contribution in [3.05, 3.63) is 46.4 Å². The summed E-state index contributed by atoms with van der Waals surface area (Å²) in [6, 6.07) is 9.28. The van der Waals surface area contributed by atoms with Gasteiger partial charge in [0.15, 0.2) is 0 Å². The van der Waals surface area contributed by atoms with Crippen LogP contribution in [0.2, 0.25) is 5.02 Å². The van der Waals surface area contributed by atoms with E-state index in [2.05, 4.69) is 10.3 Å². The van der Waals surface area contributed by atoms with E-state index in [-0.39, 0.29) is 5.91 Å². The maximum Gasteiger partial charge on any atom is 0.272 e. The number of aromatic nitrogens is 1. The van der Waals surface area contributed by atoms with E-state index in [0.29, 0.717) is 16.6 Å². The predicted molar refractivity (Wildman–Crippen MR) is 101 cm³/mol. The molecule has 0 radical (unpaired) electrons. The number of hydrogen-bond acceptors (Lipinski definition) is 5. The number of fused-ring (bicyclic) bond motifs is 3. The quantitative estimate of drug-likeness (QED) is 0.751. The van der Waals surface area contributed by atoms with Gasteiger partial charge in [-0.25, -0.2) is 4.98 Å². The molecule has 24 heavy (non-hydrogen) atoms. The van der Waals surface area contributed by atoms with Crippen molar-refractivity contribution in [2.75, 3.05) is 35.9 Å². The van der Waals surface area contributed by atoms with Crippen LogP contribution in [0.3, 0.4) is 0 Å². The molecule has 7 heteroatoms. The lowest BCUT2D eigenvalue weighted by molar-refractivity contribution is 0.0990. The van der Waals surface area contributed by atoms with Gasteiger partial charge in [-0.3, -0.25) is 9.69 Å². The van der Waals surface area contributed by atoms with Gasteiger partial charge < -0.3 is 10.2 Å². The average molecular weight is 359 g/mol. The van der Waals surface area contributed by atoms with Gasteiger partial charge in [0.1, 0.15) is 9.71 Å². The number of anilines is 3. The van der Waals surface area contributed by atoms with E-state index in [0.717, 1.165) is 27.3 Å². The van der Waals surface area contributed by atoms with E-state index in [1.807, 2.05) is 37.2 Å².